The summed E-state index contributed by atoms with van der Waals surface area (Å²) < 4.78 is 19.3. The maximum absolute atomic E-state index is 13.4. The van der Waals surface area contributed by atoms with Crippen molar-refractivity contribution in [3.63, 3.8) is 0 Å². The molecule has 3 aromatic rings. The lowest BCUT2D eigenvalue weighted by molar-refractivity contribution is 0.0574. The molecule has 1 amide bonds. The van der Waals surface area contributed by atoms with Gasteiger partial charge >= 0.3 is 0 Å². The third-order valence-electron chi connectivity index (χ3n) is 4.83. The number of carbonyl (C=O) groups is 1. The monoisotopic (exact) mass is 385 g/mol. The number of rotatable bonds is 4. The first-order chi connectivity index (χ1) is 13.1. The molecule has 140 valence electrons. The molecule has 0 saturated carbocycles. The number of hydrogen-bond acceptors (Lipinski definition) is 5. The van der Waals surface area contributed by atoms with E-state index < -0.39 is 0 Å². The Labute approximate surface area is 160 Å². The van der Waals surface area contributed by atoms with Crippen LogP contribution < -0.4 is 0 Å². The SMILES string of the molecule is Cc1ncsc1C(=O)N1CCCC[C@@H]1c1ncc(Cc2cccc(F)c2)o1. The predicted molar refractivity (Wildman–Crippen MR) is 100 cm³/mol. The second-order valence-electron chi connectivity index (χ2n) is 6.75. The van der Waals surface area contributed by atoms with E-state index in [1.165, 1.54) is 23.5 Å². The van der Waals surface area contributed by atoms with Crippen LogP contribution in [0.25, 0.3) is 0 Å². The van der Waals surface area contributed by atoms with Crippen molar-refractivity contribution < 1.29 is 13.6 Å². The van der Waals surface area contributed by atoms with Gasteiger partial charge in [-0.25, -0.2) is 14.4 Å². The molecule has 1 aliphatic rings. The average molecular weight is 385 g/mol. The van der Waals surface area contributed by atoms with Gasteiger partial charge in [-0.1, -0.05) is 12.1 Å². The highest BCUT2D eigenvalue weighted by Crippen LogP contribution is 2.33. The summed E-state index contributed by atoms with van der Waals surface area (Å²) in [7, 11) is 0. The highest BCUT2D eigenvalue weighted by Gasteiger charge is 2.33. The number of nitrogens with zero attached hydrogens (tertiary/aromatic N) is 3. The zero-order valence-corrected chi connectivity index (χ0v) is 15.8. The predicted octanol–water partition coefficient (Wildman–Crippen LogP) is 4.54. The van der Waals surface area contributed by atoms with Crippen LogP contribution in [0.3, 0.4) is 0 Å². The minimum absolute atomic E-state index is 0.00965. The fourth-order valence-electron chi connectivity index (χ4n) is 3.48. The summed E-state index contributed by atoms with van der Waals surface area (Å²) in [5.41, 5.74) is 3.28. The summed E-state index contributed by atoms with van der Waals surface area (Å²) >= 11 is 1.37. The number of oxazole rings is 1. The van der Waals surface area contributed by atoms with Gasteiger partial charge in [-0.2, -0.15) is 0 Å². The number of likely N-dealkylation sites (tertiary alicyclic amines) is 1. The van der Waals surface area contributed by atoms with Crippen LogP contribution in [0.1, 0.15) is 57.9 Å². The molecular formula is C20H20FN3O2S. The Kier molecular flexibility index (Phi) is 5.03. The summed E-state index contributed by atoms with van der Waals surface area (Å²) in [5.74, 6) is 0.944. The molecule has 1 fully saturated rings. The smallest absolute Gasteiger partial charge is 0.266 e. The summed E-state index contributed by atoms with van der Waals surface area (Å²) in [5, 5.41) is 0. The maximum atomic E-state index is 13.4. The van der Waals surface area contributed by atoms with Crippen molar-refractivity contribution in [2.45, 2.75) is 38.6 Å². The van der Waals surface area contributed by atoms with Crippen LogP contribution in [0.5, 0.6) is 0 Å². The van der Waals surface area contributed by atoms with Gasteiger partial charge in [0.2, 0.25) is 5.89 Å². The summed E-state index contributed by atoms with van der Waals surface area (Å²) in [6.45, 7) is 2.54. The van der Waals surface area contributed by atoms with E-state index in [1.54, 1.807) is 17.8 Å². The molecule has 0 radical (unpaired) electrons. The van der Waals surface area contributed by atoms with Crippen LogP contribution in [0.15, 0.2) is 40.4 Å². The van der Waals surface area contributed by atoms with Gasteiger partial charge in [0.1, 0.15) is 22.5 Å². The van der Waals surface area contributed by atoms with Crippen LogP contribution >= 0.6 is 11.3 Å². The van der Waals surface area contributed by atoms with Crippen molar-refractivity contribution >= 4 is 17.2 Å². The van der Waals surface area contributed by atoms with Gasteiger partial charge in [-0.3, -0.25) is 4.79 Å². The molecule has 2 aromatic heterocycles. The maximum Gasteiger partial charge on any atom is 0.266 e. The Hall–Kier alpha value is -2.54. The first kappa shape index (κ1) is 17.9. The number of piperidine rings is 1. The van der Waals surface area contributed by atoms with Crippen molar-refractivity contribution in [2.24, 2.45) is 0 Å². The molecule has 0 N–H and O–H groups in total. The van der Waals surface area contributed by atoms with E-state index in [4.69, 9.17) is 4.42 Å². The molecule has 27 heavy (non-hydrogen) atoms. The normalized spacial score (nSPS) is 17.3. The lowest BCUT2D eigenvalue weighted by Crippen LogP contribution is -2.38. The number of amides is 1. The minimum atomic E-state index is -0.267. The lowest BCUT2D eigenvalue weighted by atomic mass is 10.0. The molecule has 0 spiro atoms. The Morgan fingerprint density at radius 1 is 1.37 bits per heavy atom. The quantitative estimate of drug-likeness (QED) is 0.662. The first-order valence-electron chi connectivity index (χ1n) is 9.02. The van der Waals surface area contributed by atoms with Crippen LogP contribution in [-0.2, 0) is 6.42 Å². The minimum Gasteiger partial charge on any atom is -0.443 e. The van der Waals surface area contributed by atoms with E-state index in [2.05, 4.69) is 9.97 Å². The molecule has 0 aliphatic carbocycles. The molecule has 5 nitrogen and oxygen atoms in total. The molecule has 1 aliphatic heterocycles. The van der Waals surface area contributed by atoms with Gasteiger partial charge in [0.25, 0.3) is 5.91 Å². The fourth-order valence-corrected chi connectivity index (χ4v) is 4.23. The largest absolute Gasteiger partial charge is 0.443 e. The Balaban J connectivity index is 1.55. The molecule has 0 bridgehead atoms. The molecule has 4 rings (SSSR count). The molecule has 1 saturated heterocycles. The number of aryl methyl sites for hydroxylation is 1. The van der Waals surface area contributed by atoms with E-state index in [-0.39, 0.29) is 17.8 Å². The third-order valence-corrected chi connectivity index (χ3v) is 5.74. The summed E-state index contributed by atoms with van der Waals surface area (Å²) in [6.07, 6.45) is 4.97. The van der Waals surface area contributed by atoms with Crippen LogP contribution in [0.2, 0.25) is 0 Å². The number of hydrogen-bond donors (Lipinski definition) is 0. The van der Waals surface area contributed by atoms with E-state index in [9.17, 15) is 9.18 Å². The van der Waals surface area contributed by atoms with Gasteiger partial charge in [0.15, 0.2) is 0 Å². The molecule has 1 aromatic carbocycles. The van der Waals surface area contributed by atoms with Gasteiger partial charge in [0, 0.05) is 13.0 Å². The second kappa shape index (κ2) is 7.60. The van der Waals surface area contributed by atoms with Crippen LogP contribution in [0.4, 0.5) is 4.39 Å². The Bertz CT molecular complexity index is 952. The van der Waals surface area contributed by atoms with E-state index in [1.807, 2.05) is 17.9 Å². The van der Waals surface area contributed by atoms with Crippen molar-refractivity contribution in [1.29, 1.82) is 0 Å². The van der Waals surface area contributed by atoms with Gasteiger partial charge < -0.3 is 9.32 Å². The average Bonchev–Trinajstić information content (AvgIpc) is 3.30. The molecule has 0 unspecified atom stereocenters. The molecule has 7 heteroatoms. The molecule has 3 heterocycles. The van der Waals surface area contributed by atoms with Gasteiger partial charge in [-0.15, -0.1) is 11.3 Å². The standard InChI is InChI=1S/C20H20FN3O2S/c1-13-18(27-12-23-13)20(25)24-8-3-2-7-17(24)19-22-11-16(26-19)10-14-5-4-6-15(21)9-14/h4-6,9,11-12,17H,2-3,7-8,10H2,1H3/t17-/m1/s1. The number of halogens is 1. The highest BCUT2D eigenvalue weighted by molar-refractivity contribution is 7.11. The fraction of sp³-hybridized carbons (Fsp3) is 0.350. The molecular weight excluding hydrogens is 365 g/mol. The van der Waals surface area contributed by atoms with Gasteiger partial charge in [0.05, 0.1) is 17.4 Å². The van der Waals surface area contributed by atoms with E-state index in [0.717, 1.165) is 30.5 Å². The summed E-state index contributed by atoms with van der Waals surface area (Å²) in [4.78, 5) is 24.1. The molecule has 1 atom stereocenters. The number of carbonyl (C=O) groups excluding carboxylic acids is 1. The van der Waals surface area contributed by atoms with Crippen LogP contribution in [0, 0.1) is 12.7 Å². The number of aromatic nitrogens is 2. The Morgan fingerprint density at radius 3 is 3.04 bits per heavy atom. The van der Waals surface area contributed by atoms with Gasteiger partial charge in [-0.05, 0) is 43.9 Å². The summed E-state index contributed by atoms with van der Waals surface area (Å²) in [6, 6.07) is 6.27. The lowest BCUT2D eigenvalue weighted by Gasteiger charge is -2.33. The van der Waals surface area contributed by atoms with E-state index >= 15 is 0 Å². The van der Waals surface area contributed by atoms with Crippen molar-refractivity contribution in [1.82, 2.24) is 14.9 Å². The van der Waals surface area contributed by atoms with Crippen molar-refractivity contribution in [3.8, 4) is 0 Å². The zero-order chi connectivity index (χ0) is 18.8. The van der Waals surface area contributed by atoms with Crippen molar-refractivity contribution in [3.05, 3.63) is 69.6 Å². The topological polar surface area (TPSA) is 59.2 Å². The Morgan fingerprint density at radius 2 is 2.26 bits per heavy atom. The van der Waals surface area contributed by atoms with E-state index in [0.29, 0.717) is 29.5 Å². The second-order valence-corrected chi connectivity index (χ2v) is 7.60. The number of thiazole rings is 1. The van der Waals surface area contributed by atoms with Crippen LogP contribution in [-0.4, -0.2) is 27.3 Å². The third kappa shape index (κ3) is 3.78. The number of benzene rings is 1. The first-order valence-corrected chi connectivity index (χ1v) is 9.90. The highest BCUT2D eigenvalue weighted by atomic mass is 32.1. The van der Waals surface area contributed by atoms with Crippen molar-refractivity contribution in [2.75, 3.05) is 6.54 Å². The zero-order valence-electron chi connectivity index (χ0n) is 15.0.